The van der Waals surface area contributed by atoms with Gasteiger partial charge < -0.3 is 16.0 Å². The first-order valence-corrected chi connectivity index (χ1v) is 5.05. The Labute approximate surface area is 89.1 Å². The van der Waals surface area contributed by atoms with Gasteiger partial charge in [-0.2, -0.15) is 0 Å². The number of nitrogens with two attached hydrogens (primary N) is 1. The Morgan fingerprint density at radius 2 is 2.40 bits per heavy atom. The number of rotatable bonds is 2. The van der Waals surface area contributed by atoms with Crippen molar-refractivity contribution in [2.45, 2.75) is 6.42 Å². The van der Waals surface area contributed by atoms with Crippen molar-refractivity contribution < 1.29 is 4.79 Å². The standard InChI is InChI=1S/C11H15N3O/c1-13-11(15)7-14-6-5-8-9(12)3-2-4-10(8)14/h2-4H,5-7,12H2,1H3,(H,13,15). The van der Waals surface area contributed by atoms with Crippen LogP contribution in [0.3, 0.4) is 0 Å². The molecule has 3 N–H and O–H groups in total. The molecule has 0 aromatic heterocycles. The number of carbonyl (C=O) groups is 1. The van der Waals surface area contributed by atoms with Crippen LogP contribution in [0.25, 0.3) is 0 Å². The zero-order valence-corrected chi connectivity index (χ0v) is 8.79. The lowest BCUT2D eigenvalue weighted by Crippen LogP contribution is -2.34. The third-order valence-corrected chi connectivity index (χ3v) is 2.77. The van der Waals surface area contributed by atoms with Crippen LogP contribution < -0.4 is 16.0 Å². The van der Waals surface area contributed by atoms with E-state index < -0.39 is 0 Å². The number of likely N-dealkylation sites (N-methyl/N-ethyl adjacent to an activating group) is 1. The van der Waals surface area contributed by atoms with Crippen LogP contribution in [0.4, 0.5) is 11.4 Å². The van der Waals surface area contributed by atoms with Crippen LogP contribution in [0.5, 0.6) is 0 Å². The number of amides is 1. The minimum atomic E-state index is 0.0327. The van der Waals surface area contributed by atoms with Crippen molar-refractivity contribution >= 4 is 17.3 Å². The molecule has 0 saturated heterocycles. The molecule has 0 atom stereocenters. The van der Waals surface area contributed by atoms with E-state index in [1.807, 2.05) is 18.2 Å². The topological polar surface area (TPSA) is 58.4 Å². The second-order valence-electron chi connectivity index (χ2n) is 3.69. The summed E-state index contributed by atoms with van der Waals surface area (Å²) in [5.41, 5.74) is 8.96. The van der Waals surface area contributed by atoms with Gasteiger partial charge >= 0.3 is 0 Å². The molecule has 1 aliphatic heterocycles. The minimum absolute atomic E-state index is 0.0327. The fraction of sp³-hybridized carbons (Fsp3) is 0.364. The van der Waals surface area contributed by atoms with E-state index in [1.54, 1.807) is 7.05 Å². The molecular formula is C11H15N3O. The van der Waals surface area contributed by atoms with Gasteiger partial charge in [-0.1, -0.05) is 6.07 Å². The van der Waals surface area contributed by atoms with Crippen LogP contribution in [-0.4, -0.2) is 26.0 Å². The number of benzene rings is 1. The van der Waals surface area contributed by atoms with Gasteiger partial charge in [-0.25, -0.2) is 0 Å². The van der Waals surface area contributed by atoms with E-state index in [-0.39, 0.29) is 5.91 Å². The molecule has 1 aliphatic rings. The number of nitrogen functional groups attached to an aromatic ring is 1. The highest BCUT2D eigenvalue weighted by Crippen LogP contribution is 2.31. The van der Waals surface area contributed by atoms with Crippen molar-refractivity contribution in [3.8, 4) is 0 Å². The first-order chi connectivity index (χ1) is 7.22. The van der Waals surface area contributed by atoms with Gasteiger partial charge in [-0.3, -0.25) is 4.79 Å². The van der Waals surface area contributed by atoms with Crippen LogP contribution >= 0.6 is 0 Å². The Kier molecular flexibility index (Phi) is 2.49. The average molecular weight is 205 g/mol. The first kappa shape index (κ1) is 9.83. The molecule has 1 heterocycles. The highest BCUT2D eigenvalue weighted by molar-refractivity contribution is 5.82. The van der Waals surface area contributed by atoms with E-state index in [0.717, 1.165) is 24.3 Å². The highest BCUT2D eigenvalue weighted by atomic mass is 16.1. The molecule has 0 radical (unpaired) electrons. The fourth-order valence-corrected chi connectivity index (χ4v) is 1.94. The Hall–Kier alpha value is -1.71. The summed E-state index contributed by atoms with van der Waals surface area (Å²) in [5.74, 6) is 0.0327. The lowest BCUT2D eigenvalue weighted by atomic mass is 10.1. The maximum atomic E-state index is 11.3. The second kappa shape index (κ2) is 3.81. The molecule has 0 bridgehead atoms. The van der Waals surface area contributed by atoms with Crippen molar-refractivity contribution in [1.82, 2.24) is 5.32 Å². The maximum Gasteiger partial charge on any atom is 0.239 e. The maximum absolute atomic E-state index is 11.3. The first-order valence-electron chi connectivity index (χ1n) is 5.05. The molecule has 0 fully saturated rings. The SMILES string of the molecule is CNC(=O)CN1CCc2c(N)cccc21. The van der Waals surface area contributed by atoms with Crippen LogP contribution in [0.2, 0.25) is 0 Å². The zero-order chi connectivity index (χ0) is 10.8. The lowest BCUT2D eigenvalue weighted by molar-refractivity contribution is -0.119. The van der Waals surface area contributed by atoms with Gasteiger partial charge in [0.1, 0.15) is 0 Å². The van der Waals surface area contributed by atoms with Gasteiger partial charge in [-0.15, -0.1) is 0 Å². The smallest absolute Gasteiger partial charge is 0.239 e. The number of anilines is 2. The summed E-state index contributed by atoms with van der Waals surface area (Å²) in [6.45, 7) is 1.28. The molecule has 1 amide bonds. The molecule has 0 aliphatic carbocycles. The highest BCUT2D eigenvalue weighted by Gasteiger charge is 2.21. The van der Waals surface area contributed by atoms with Crippen LogP contribution in [0.1, 0.15) is 5.56 Å². The number of hydrogen-bond donors (Lipinski definition) is 2. The molecule has 80 valence electrons. The van der Waals surface area contributed by atoms with Gasteiger partial charge in [0.25, 0.3) is 0 Å². The van der Waals surface area contributed by atoms with Crippen molar-refractivity contribution in [2.24, 2.45) is 0 Å². The monoisotopic (exact) mass is 205 g/mol. The molecule has 1 aromatic rings. The molecule has 4 nitrogen and oxygen atoms in total. The predicted molar refractivity (Wildman–Crippen MR) is 60.8 cm³/mol. The van der Waals surface area contributed by atoms with Crippen molar-refractivity contribution in [3.63, 3.8) is 0 Å². The summed E-state index contributed by atoms with van der Waals surface area (Å²) >= 11 is 0. The van der Waals surface area contributed by atoms with Gasteiger partial charge in [0, 0.05) is 30.5 Å². The Bertz CT molecular complexity index is 389. The van der Waals surface area contributed by atoms with E-state index in [9.17, 15) is 4.79 Å². The molecule has 1 aromatic carbocycles. The van der Waals surface area contributed by atoms with Gasteiger partial charge in [0.2, 0.25) is 5.91 Å². The number of fused-ring (bicyclic) bond motifs is 1. The second-order valence-corrected chi connectivity index (χ2v) is 3.69. The van der Waals surface area contributed by atoms with Gasteiger partial charge in [-0.05, 0) is 18.6 Å². The molecule has 4 heteroatoms. The quantitative estimate of drug-likeness (QED) is 0.686. The van der Waals surface area contributed by atoms with Gasteiger partial charge in [0.05, 0.1) is 6.54 Å². The zero-order valence-electron chi connectivity index (χ0n) is 8.79. The minimum Gasteiger partial charge on any atom is -0.398 e. The largest absolute Gasteiger partial charge is 0.398 e. The summed E-state index contributed by atoms with van der Waals surface area (Å²) in [6, 6.07) is 5.85. The number of hydrogen-bond acceptors (Lipinski definition) is 3. The summed E-state index contributed by atoms with van der Waals surface area (Å²) in [5, 5.41) is 2.63. The normalized spacial score (nSPS) is 13.8. The fourth-order valence-electron chi connectivity index (χ4n) is 1.94. The summed E-state index contributed by atoms with van der Waals surface area (Å²) in [7, 11) is 1.65. The van der Waals surface area contributed by atoms with E-state index in [1.165, 1.54) is 5.56 Å². The lowest BCUT2D eigenvalue weighted by Gasteiger charge is -2.18. The molecule has 0 unspecified atom stereocenters. The molecule has 2 rings (SSSR count). The summed E-state index contributed by atoms with van der Waals surface area (Å²) < 4.78 is 0. The summed E-state index contributed by atoms with van der Waals surface area (Å²) in [6.07, 6.45) is 0.930. The van der Waals surface area contributed by atoms with Crippen molar-refractivity contribution in [1.29, 1.82) is 0 Å². The third kappa shape index (κ3) is 1.75. The molecule has 15 heavy (non-hydrogen) atoms. The molecule has 0 saturated carbocycles. The number of carbonyl (C=O) groups excluding carboxylic acids is 1. The van der Waals surface area contributed by atoms with Crippen LogP contribution in [-0.2, 0) is 11.2 Å². The van der Waals surface area contributed by atoms with E-state index in [0.29, 0.717) is 6.54 Å². The molecule has 0 spiro atoms. The van der Waals surface area contributed by atoms with Crippen molar-refractivity contribution in [3.05, 3.63) is 23.8 Å². The average Bonchev–Trinajstić information content (AvgIpc) is 2.63. The van der Waals surface area contributed by atoms with Gasteiger partial charge in [0.15, 0.2) is 0 Å². The van der Waals surface area contributed by atoms with Crippen LogP contribution in [0.15, 0.2) is 18.2 Å². The predicted octanol–water partition coefficient (Wildman–Crippen LogP) is 0.377. The van der Waals surface area contributed by atoms with Crippen LogP contribution in [0, 0.1) is 0 Å². The summed E-state index contributed by atoms with van der Waals surface area (Å²) in [4.78, 5) is 13.3. The van der Waals surface area contributed by atoms with E-state index in [2.05, 4.69) is 10.2 Å². The van der Waals surface area contributed by atoms with E-state index in [4.69, 9.17) is 5.73 Å². The number of nitrogens with one attached hydrogen (secondary N) is 1. The molecular weight excluding hydrogens is 190 g/mol. The van der Waals surface area contributed by atoms with Crippen molar-refractivity contribution in [2.75, 3.05) is 30.8 Å². The Morgan fingerprint density at radius 1 is 1.60 bits per heavy atom. The Balaban J connectivity index is 2.21. The number of nitrogens with zero attached hydrogens (tertiary/aromatic N) is 1. The van der Waals surface area contributed by atoms with E-state index >= 15 is 0 Å². The Morgan fingerprint density at radius 3 is 3.13 bits per heavy atom. The third-order valence-electron chi connectivity index (χ3n) is 2.77.